The standard InChI is InChI=1S/C7H8N2O3S/c1-11-5(10)7(2-3-7)4-8-9-6(13)12-4/h2-3H2,1H3,(H,9,13). The van der Waals surface area contributed by atoms with Crippen LogP contribution < -0.4 is 0 Å². The number of hydrogen-bond donors (Lipinski definition) is 1. The predicted octanol–water partition coefficient (Wildman–Crippen LogP) is 0.937. The zero-order valence-corrected chi connectivity index (χ0v) is 7.81. The van der Waals surface area contributed by atoms with Gasteiger partial charge >= 0.3 is 5.97 Å². The molecule has 1 N–H and O–H groups in total. The number of ether oxygens (including phenoxy) is 1. The summed E-state index contributed by atoms with van der Waals surface area (Å²) in [6, 6.07) is 0. The number of H-pyrrole nitrogens is 1. The first-order chi connectivity index (χ1) is 6.19. The Bertz CT molecular complexity index is 390. The third-order valence-electron chi connectivity index (χ3n) is 2.17. The van der Waals surface area contributed by atoms with E-state index in [9.17, 15) is 4.79 Å². The lowest BCUT2D eigenvalue weighted by Crippen LogP contribution is -2.22. The minimum atomic E-state index is -0.664. The molecule has 0 bridgehead atoms. The highest BCUT2D eigenvalue weighted by atomic mass is 32.1. The van der Waals surface area contributed by atoms with Gasteiger partial charge in [0, 0.05) is 0 Å². The van der Waals surface area contributed by atoms with Gasteiger partial charge in [0.2, 0.25) is 5.89 Å². The van der Waals surface area contributed by atoms with Crippen molar-refractivity contribution in [1.82, 2.24) is 10.2 Å². The Hall–Kier alpha value is -1.17. The molecule has 70 valence electrons. The number of nitrogens with one attached hydrogen (secondary N) is 1. The summed E-state index contributed by atoms with van der Waals surface area (Å²) in [5.74, 6) is 0.0297. The van der Waals surface area contributed by atoms with E-state index in [4.69, 9.17) is 16.6 Å². The fourth-order valence-corrected chi connectivity index (χ4v) is 1.38. The van der Waals surface area contributed by atoms with Gasteiger partial charge in [-0.1, -0.05) is 0 Å². The van der Waals surface area contributed by atoms with E-state index in [0.29, 0.717) is 18.7 Å². The summed E-state index contributed by atoms with van der Waals surface area (Å²) in [7, 11) is 1.35. The number of carbonyl (C=O) groups is 1. The van der Waals surface area contributed by atoms with Crippen molar-refractivity contribution >= 4 is 18.2 Å². The zero-order chi connectivity index (χ0) is 9.47. The number of nitrogens with zero attached hydrogens (tertiary/aromatic N) is 1. The van der Waals surface area contributed by atoms with E-state index in [1.165, 1.54) is 7.11 Å². The third kappa shape index (κ3) is 1.17. The predicted molar refractivity (Wildman–Crippen MR) is 44.6 cm³/mol. The fraction of sp³-hybridized carbons (Fsp3) is 0.571. The second kappa shape index (κ2) is 2.66. The molecule has 1 aromatic heterocycles. The van der Waals surface area contributed by atoms with Gasteiger partial charge in [0.1, 0.15) is 5.41 Å². The minimum absolute atomic E-state index is 0.185. The highest BCUT2D eigenvalue weighted by Crippen LogP contribution is 2.48. The second-order valence-corrected chi connectivity index (χ2v) is 3.36. The molecule has 1 aliphatic carbocycles. The number of rotatable bonds is 2. The molecule has 0 aliphatic heterocycles. The van der Waals surface area contributed by atoms with Crippen LogP contribution in [-0.2, 0) is 14.9 Å². The Morgan fingerprint density at radius 3 is 2.85 bits per heavy atom. The summed E-state index contributed by atoms with van der Waals surface area (Å²) in [6.07, 6.45) is 1.42. The molecule has 0 aromatic carbocycles. The number of aromatic amines is 1. The van der Waals surface area contributed by atoms with Crippen molar-refractivity contribution in [2.45, 2.75) is 18.3 Å². The SMILES string of the molecule is COC(=O)C1(c2n[nH]c(=S)o2)CC1. The van der Waals surface area contributed by atoms with Crippen LogP contribution in [0.4, 0.5) is 0 Å². The average Bonchev–Trinajstić information content (AvgIpc) is 2.83. The molecule has 1 aliphatic rings. The van der Waals surface area contributed by atoms with Crippen molar-refractivity contribution in [2.75, 3.05) is 7.11 Å². The van der Waals surface area contributed by atoms with Crippen LogP contribution in [-0.4, -0.2) is 23.3 Å². The molecule has 0 amide bonds. The van der Waals surface area contributed by atoms with Crippen molar-refractivity contribution in [3.05, 3.63) is 10.7 Å². The van der Waals surface area contributed by atoms with E-state index in [0.717, 1.165) is 0 Å². The highest BCUT2D eigenvalue weighted by molar-refractivity contribution is 7.71. The molecule has 2 rings (SSSR count). The molecule has 6 heteroatoms. The Kier molecular flexibility index (Phi) is 1.73. The molecule has 0 spiro atoms. The molecular weight excluding hydrogens is 192 g/mol. The lowest BCUT2D eigenvalue weighted by Gasteiger charge is -2.05. The van der Waals surface area contributed by atoms with E-state index in [-0.39, 0.29) is 10.8 Å². The summed E-state index contributed by atoms with van der Waals surface area (Å²) in [6.45, 7) is 0. The maximum Gasteiger partial charge on any atom is 0.321 e. The monoisotopic (exact) mass is 200 g/mol. The molecule has 0 saturated heterocycles. The summed E-state index contributed by atoms with van der Waals surface area (Å²) in [4.78, 5) is 11.5. The Morgan fingerprint density at radius 1 is 1.77 bits per heavy atom. The lowest BCUT2D eigenvalue weighted by molar-refractivity contribution is -0.144. The summed E-state index contributed by atoms with van der Waals surface area (Å²) < 4.78 is 9.74. The molecule has 1 heterocycles. The summed E-state index contributed by atoms with van der Waals surface area (Å²) in [5.41, 5.74) is -0.664. The normalized spacial score (nSPS) is 18.2. The van der Waals surface area contributed by atoms with Crippen LogP contribution in [0.15, 0.2) is 4.42 Å². The number of aromatic nitrogens is 2. The van der Waals surface area contributed by atoms with Gasteiger partial charge < -0.3 is 9.15 Å². The zero-order valence-electron chi connectivity index (χ0n) is 6.99. The second-order valence-electron chi connectivity index (χ2n) is 2.99. The van der Waals surface area contributed by atoms with Crippen molar-refractivity contribution < 1.29 is 13.9 Å². The smallest absolute Gasteiger partial charge is 0.321 e. The van der Waals surface area contributed by atoms with Gasteiger partial charge in [-0.2, -0.15) is 0 Å². The number of esters is 1. The van der Waals surface area contributed by atoms with Crippen LogP contribution in [0, 0.1) is 4.84 Å². The van der Waals surface area contributed by atoms with Gasteiger partial charge in [-0.15, -0.1) is 5.10 Å². The quantitative estimate of drug-likeness (QED) is 0.568. The van der Waals surface area contributed by atoms with Crippen LogP contribution in [0.3, 0.4) is 0 Å². The molecule has 1 saturated carbocycles. The average molecular weight is 200 g/mol. The van der Waals surface area contributed by atoms with Crippen LogP contribution in [0.2, 0.25) is 0 Å². The molecule has 0 atom stereocenters. The van der Waals surface area contributed by atoms with Crippen LogP contribution in [0.1, 0.15) is 18.7 Å². The van der Waals surface area contributed by atoms with Gasteiger partial charge in [0.25, 0.3) is 4.84 Å². The van der Waals surface area contributed by atoms with Gasteiger partial charge in [0.15, 0.2) is 0 Å². The highest BCUT2D eigenvalue weighted by Gasteiger charge is 2.57. The first-order valence-electron chi connectivity index (χ1n) is 3.83. The molecule has 1 aromatic rings. The molecule has 0 unspecified atom stereocenters. The van der Waals surface area contributed by atoms with Crippen molar-refractivity contribution in [2.24, 2.45) is 0 Å². The van der Waals surface area contributed by atoms with Crippen LogP contribution in [0.25, 0.3) is 0 Å². The van der Waals surface area contributed by atoms with E-state index >= 15 is 0 Å². The molecular formula is C7H8N2O3S. The fourth-order valence-electron chi connectivity index (χ4n) is 1.26. The molecule has 13 heavy (non-hydrogen) atoms. The Labute approximate surface area is 79.1 Å². The van der Waals surface area contributed by atoms with E-state index in [2.05, 4.69) is 14.9 Å². The first kappa shape index (κ1) is 8.43. The summed E-state index contributed by atoms with van der Waals surface area (Å²) >= 11 is 4.72. The van der Waals surface area contributed by atoms with E-state index in [1.807, 2.05) is 0 Å². The van der Waals surface area contributed by atoms with E-state index < -0.39 is 5.41 Å². The third-order valence-corrected chi connectivity index (χ3v) is 2.35. The maximum atomic E-state index is 11.3. The maximum absolute atomic E-state index is 11.3. The van der Waals surface area contributed by atoms with Gasteiger partial charge in [0.05, 0.1) is 7.11 Å². The van der Waals surface area contributed by atoms with Crippen LogP contribution in [0.5, 0.6) is 0 Å². The topological polar surface area (TPSA) is 68.1 Å². The molecule has 5 nitrogen and oxygen atoms in total. The van der Waals surface area contributed by atoms with Crippen LogP contribution >= 0.6 is 12.2 Å². The number of carbonyl (C=O) groups excluding carboxylic acids is 1. The minimum Gasteiger partial charge on any atom is -0.468 e. The Balaban J connectivity index is 2.35. The lowest BCUT2D eigenvalue weighted by atomic mass is 10.1. The van der Waals surface area contributed by atoms with E-state index in [1.54, 1.807) is 0 Å². The van der Waals surface area contributed by atoms with Gasteiger partial charge in [-0.05, 0) is 25.1 Å². The number of hydrogen-bond acceptors (Lipinski definition) is 5. The van der Waals surface area contributed by atoms with Crippen molar-refractivity contribution in [3.63, 3.8) is 0 Å². The number of methoxy groups -OCH3 is 1. The van der Waals surface area contributed by atoms with Crippen molar-refractivity contribution in [3.8, 4) is 0 Å². The molecule has 1 fully saturated rings. The largest absolute Gasteiger partial charge is 0.468 e. The Morgan fingerprint density at radius 2 is 2.46 bits per heavy atom. The van der Waals surface area contributed by atoms with Crippen molar-refractivity contribution in [1.29, 1.82) is 0 Å². The molecule has 0 radical (unpaired) electrons. The van der Waals surface area contributed by atoms with Gasteiger partial charge in [-0.25, -0.2) is 5.10 Å². The van der Waals surface area contributed by atoms with Gasteiger partial charge in [-0.3, -0.25) is 4.79 Å². The summed E-state index contributed by atoms with van der Waals surface area (Å²) in [5, 5.41) is 6.31. The first-order valence-corrected chi connectivity index (χ1v) is 4.24.